The highest BCUT2D eigenvalue weighted by molar-refractivity contribution is 14.1. The second kappa shape index (κ2) is 5.12. The van der Waals surface area contributed by atoms with Gasteiger partial charge in [0.25, 0.3) is 0 Å². The lowest BCUT2D eigenvalue weighted by Crippen LogP contribution is -2.32. The first-order valence-electron chi connectivity index (χ1n) is 5.07. The number of nitrogens with zero attached hydrogens (tertiary/aromatic N) is 1. The van der Waals surface area contributed by atoms with Crippen molar-refractivity contribution >= 4 is 22.9 Å². The van der Waals surface area contributed by atoms with Gasteiger partial charge in [-0.25, -0.2) is 7.50 Å². The quantitative estimate of drug-likeness (QED) is 0.613. The van der Waals surface area contributed by atoms with E-state index in [-0.39, 0.29) is 11.9 Å². The minimum absolute atomic E-state index is 0.218. The Morgan fingerprint density at radius 2 is 1.80 bits per heavy atom. The van der Waals surface area contributed by atoms with Crippen molar-refractivity contribution in [2.75, 3.05) is 13.1 Å². The third kappa shape index (κ3) is 3.31. The molecule has 0 spiro atoms. The first kappa shape index (κ1) is 11.1. The molecule has 0 N–H and O–H groups in total. The Hall–Kier alpha value is -0.360. The van der Waals surface area contributed by atoms with Gasteiger partial charge in [0, 0.05) is 36.0 Å². The molecule has 1 heterocycles. The normalized spacial score (nSPS) is 19.1. The van der Waals surface area contributed by atoms with Crippen LogP contribution in [0.4, 0.5) is 4.39 Å². The molecular formula is C11H13FINO. The third-order valence-electron chi connectivity index (χ3n) is 2.50. The van der Waals surface area contributed by atoms with Gasteiger partial charge in [0.05, 0.1) is 0 Å². The van der Waals surface area contributed by atoms with E-state index in [0.29, 0.717) is 0 Å². The van der Waals surface area contributed by atoms with Gasteiger partial charge < -0.3 is 4.74 Å². The summed E-state index contributed by atoms with van der Waals surface area (Å²) in [7, 11) is 0. The Morgan fingerprint density at radius 3 is 2.40 bits per heavy atom. The van der Waals surface area contributed by atoms with Crippen LogP contribution >= 0.6 is 22.9 Å². The van der Waals surface area contributed by atoms with Gasteiger partial charge in [-0.05, 0) is 37.1 Å². The van der Waals surface area contributed by atoms with Crippen LogP contribution < -0.4 is 4.74 Å². The Kier molecular flexibility index (Phi) is 3.80. The summed E-state index contributed by atoms with van der Waals surface area (Å²) in [5.41, 5.74) is 0. The molecule has 1 aliphatic rings. The van der Waals surface area contributed by atoms with Crippen molar-refractivity contribution in [2.24, 2.45) is 0 Å². The fraction of sp³-hybridized carbons (Fsp3) is 0.455. The molecule has 2 nitrogen and oxygen atoms in total. The molecule has 1 aromatic carbocycles. The second-order valence-electron chi connectivity index (χ2n) is 3.68. The molecule has 1 aromatic rings. The summed E-state index contributed by atoms with van der Waals surface area (Å²) in [6.07, 6.45) is 2.36. The Morgan fingerprint density at radius 1 is 1.20 bits per heavy atom. The van der Waals surface area contributed by atoms with Crippen LogP contribution in [0.25, 0.3) is 0 Å². The van der Waals surface area contributed by atoms with E-state index in [1.165, 1.54) is 12.1 Å². The molecule has 0 atom stereocenters. The van der Waals surface area contributed by atoms with Crippen molar-refractivity contribution in [2.45, 2.75) is 18.9 Å². The van der Waals surface area contributed by atoms with Crippen LogP contribution in [0.15, 0.2) is 24.3 Å². The standard InChI is InChI=1S/C11H13FINO/c12-9-1-3-10(4-2-9)15-11-5-7-14(13)8-6-11/h1-4,11H,5-8H2. The molecule has 4 heteroatoms. The second-order valence-corrected chi connectivity index (χ2v) is 5.05. The van der Waals surface area contributed by atoms with Crippen molar-refractivity contribution in [1.82, 2.24) is 3.11 Å². The number of halogens is 2. The smallest absolute Gasteiger partial charge is 0.123 e. The number of piperidine rings is 1. The molecule has 2 rings (SSSR count). The molecular weight excluding hydrogens is 308 g/mol. The van der Waals surface area contributed by atoms with Crippen LogP contribution in [-0.4, -0.2) is 22.3 Å². The number of hydrogen-bond donors (Lipinski definition) is 0. The number of ether oxygens (including phenoxy) is 1. The Labute approximate surface area is 103 Å². The molecule has 82 valence electrons. The highest BCUT2D eigenvalue weighted by Crippen LogP contribution is 2.20. The molecule has 0 saturated carbocycles. The van der Waals surface area contributed by atoms with Gasteiger partial charge in [0.1, 0.15) is 17.7 Å². The van der Waals surface area contributed by atoms with Gasteiger partial charge in [-0.3, -0.25) is 0 Å². The Bertz CT molecular complexity index is 309. The zero-order valence-electron chi connectivity index (χ0n) is 8.33. The van der Waals surface area contributed by atoms with E-state index in [2.05, 4.69) is 26.0 Å². The van der Waals surface area contributed by atoms with E-state index in [0.717, 1.165) is 31.7 Å². The zero-order valence-corrected chi connectivity index (χ0v) is 10.5. The maximum Gasteiger partial charge on any atom is 0.123 e. The van der Waals surface area contributed by atoms with Crippen molar-refractivity contribution in [3.8, 4) is 5.75 Å². The molecule has 0 bridgehead atoms. The topological polar surface area (TPSA) is 12.5 Å². The van der Waals surface area contributed by atoms with Crippen molar-refractivity contribution < 1.29 is 9.13 Å². The number of rotatable bonds is 2. The lowest BCUT2D eigenvalue weighted by Gasteiger charge is -2.27. The highest BCUT2D eigenvalue weighted by Gasteiger charge is 2.18. The predicted octanol–water partition coefficient (Wildman–Crippen LogP) is 3.02. The summed E-state index contributed by atoms with van der Waals surface area (Å²) in [6, 6.07) is 6.24. The first-order chi connectivity index (χ1) is 7.24. The van der Waals surface area contributed by atoms with Crippen molar-refractivity contribution in [3.63, 3.8) is 0 Å². The van der Waals surface area contributed by atoms with E-state index < -0.39 is 0 Å². The SMILES string of the molecule is Fc1ccc(OC2CCN(I)CC2)cc1. The van der Waals surface area contributed by atoms with Gasteiger partial charge in [0.2, 0.25) is 0 Å². The summed E-state index contributed by atoms with van der Waals surface area (Å²) in [4.78, 5) is 0. The molecule has 15 heavy (non-hydrogen) atoms. The highest BCUT2D eigenvalue weighted by atomic mass is 127. The van der Waals surface area contributed by atoms with Gasteiger partial charge in [0.15, 0.2) is 0 Å². The summed E-state index contributed by atoms with van der Waals surface area (Å²) in [5, 5.41) is 0. The van der Waals surface area contributed by atoms with Crippen LogP contribution in [0.2, 0.25) is 0 Å². The molecule has 1 saturated heterocycles. The molecule has 0 amide bonds. The minimum Gasteiger partial charge on any atom is -0.490 e. The fourth-order valence-electron chi connectivity index (χ4n) is 1.65. The average molecular weight is 321 g/mol. The maximum absolute atomic E-state index is 12.7. The van der Waals surface area contributed by atoms with Crippen LogP contribution in [0, 0.1) is 5.82 Å². The molecule has 0 radical (unpaired) electrons. The maximum atomic E-state index is 12.7. The number of benzene rings is 1. The summed E-state index contributed by atoms with van der Waals surface area (Å²) in [6.45, 7) is 2.12. The van der Waals surface area contributed by atoms with E-state index >= 15 is 0 Å². The molecule has 0 unspecified atom stereocenters. The average Bonchev–Trinajstić information content (AvgIpc) is 2.25. The van der Waals surface area contributed by atoms with Gasteiger partial charge in [-0.15, -0.1) is 0 Å². The van der Waals surface area contributed by atoms with Gasteiger partial charge >= 0.3 is 0 Å². The van der Waals surface area contributed by atoms with Crippen molar-refractivity contribution in [3.05, 3.63) is 30.1 Å². The predicted molar refractivity (Wildman–Crippen MR) is 65.6 cm³/mol. The van der Waals surface area contributed by atoms with Crippen LogP contribution in [0.3, 0.4) is 0 Å². The molecule has 0 aliphatic carbocycles. The summed E-state index contributed by atoms with van der Waals surface area (Å²) in [5.74, 6) is 0.549. The fourth-order valence-corrected chi connectivity index (χ4v) is 2.20. The third-order valence-corrected chi connectivity index (χ3v) is 3.47. The van der Waals surface area contributed by atoms with Crippen molar-refractivity contribution in [1.29, 1.82) is 0 Å². The molecule has 1 aliphatic heterocycles. The molecule has 0 aromatic heterocycles. The van der Waals surface area contributed by atoms with E-state index in [9.17, 15) is 4.39 Å². The lowest BCUT2D eigenvalue weighted by molar-refractivity contribution is 0.144. The number of hydrogen-bond acceptors (Lipinski definition) is 2. The summed E-state index contributed by atoms with van der Waals surface area (Å²) >= 11 is 2.33. The zero-order chi connectivity index (χ0) is 10.7. The lowest BCUT2D eigenvalue weighted by atomic mass is 10.1. The minimum atomic E-state index is -0.218. The molecule has 1 fully saturated rings. The van der Waals surface area contributed by atoms with E-state index in [1.54, 1.807) is 12.1 Å². The first-order valence-corrected chi connectivity index (χ1v) is 6.03. The van der Waals surface area contributed by atoms with Crippen LogP contribution in [0.5, 0.6) is 5.75 Å². The Balaban J connectivity index is 1.89. The van der Waals surface area contributed by atoms with Crippen LogP contribution in [-0.2, 0) is 0 Å². The van der Waals surface area contributed by atoms with E-state index in [1.807, 2.05) is 0 Å². The van der Waals surface area contributed by atoms with Crippen LogP contribution in [0.1, 0.15) is 12.8 Å². The summed E-state index contributed by atoms with van der Waals surface area (Å²) < 4.78 is 20.7. The van der Waals surface area contributed by atoms with E-state index in [4.69, 9.17) is 4.74 Å². The van der Waals surface area contributed by atoms with Gasteiger partial charge in [-0.1, -0.05) is 0 Å². The monoisotopic (exact) mass is 321 g/mol. The largest absolute Gasteiger partial charge is 0.490 e. The van der Waals surface area contributed by atoms with Gasteiger partial charge in [-0.2, -0.15) is 0 Å².